The molecule has 0 aliphatic carbocycles. The van der Waals surface area contributed by atoms with Gasteiger partial charge >= 0.3 is 0 Å². The molecule has 6 nitrogen and oxygen atoms in total. The van der Waals surface area contributed by atoms with Crippen molar-refractivity contribution in [2.45, 2.75) is 19.1 Å². The van der Waals surface area contributed by atoms with Crippen LogP contribution in [0, 0.1) is 0 Å². The van der Waals surface area contributed by atoms with E-state index in [0.717, 1.165) is 37.0 Å². The summed E-state index contributed by atoms with van der Waals surface area (Å²) in [6, 6.07) is 21.6. The standard InChI is InChI=1S/C21H20N6/c1-3-7-16(8-4-1)20(17-9-5-2-6-10-17)26-11-12-27-19(14-26)24-25-21(27)18-13-22-15-23-18/h1-10,13,15,20H,11-12,14H2,(H,22,23). The van der Waals surface area contributed by atoms with Crippen molar-refractivity contribution in [3.05, 3.63) is 90.1 Å². The molecule has 1 N–H and O–H groups in total. The van der Waals surface area contributed by atoms with Gasteiger partial charge in [-0.2, -0.15) is 0 Å². The maximum atomic E-state index is 4.46. The van der Waals surface area contributed by atoms with Gasteiger partial charge in [0.2, 0.25) is 0 Å². The average molecular weight is 356 g/mol. The molecule has 3 heterocycles. The van der Waals surface area contributed by atoms with Gasteiger partial charge in [0.05, 0.1) is 25.1 Å². The second-order valence-corrected chi connectivity index (χ2v) is 6.75. The van der Waals surface area contributed by atoms with Crippen LogP contribution in [-0.2, 0) is 13.1 Å². The predicted octanol–water partition coefficient (Wildman–Crippen LogP) is 3.27. The lowest BCUT2D eigenvalue weighted by molar-refractivity contribution is 0.176. The van der Waals surface area contributed by atoms with Crippen LogP contribution in [0.5, 0.6) is 0 Å². The number of nitrogens with zero attached hydrogens (tertiary/aromatic N) is 5. The smallest absolute Gasteiger partial charge is 0.182 e. The molecule has 5 rings (SSSR count). The normalized spacial score (nSPS) is 14.4. The highest BCUT2D eigenvalue weighted by Gasteiger charge is 2.29. The summed E-state index contributed by atoms with van der Waals surface area (Å²) in [5.41, 5.74) is 3.50. The van der Waals surface area contributed by atoms with E-state index in [1.54, 1.807) is 12.5 Å². The van der Waals surface area contributed by atoms with Crippen molar-refractivity contribution in [2.24, 2.45) is 0 Å². The Morgan fingerprint density at radius 3 is 2.19 bits per heavy atom. The van der Waals surface area contributed by atoms with Crippen LogP contribution in [0.4, 0.5) is 0 Å². The maximum absolute atomic E-state index is 4.46. The molecule has 6 heteroatoms. The minimum absolute atomic E-state index is 0.202. The molecule has 0 bridgehead atoms. The van der Waals surface area contributed by atoms with Crippen LogP contribution in [0.15, 0.2) is 73.2 Å². The van der Waals surface area contributed by atoms with Crippen molar-refractivity contribution in [3.8, 4) is 11.5 Å². The highest BCUT2D eigenvalue weighted by Crippen LogP contribution is 2.32. The zero-order valence-corrected chi connectivity index (χ0v) is 14.9. The van der Waals surface area contributed by atoms with E-state index in [-0.39, 0.29) is 6.04 Å². The summed E-state index contributed by atoms with van der Waals surface area (Å²) >= 11 is 0. The van der Waals surface area contributed by atoms with E-state index in [1.807, 2.05) is 0 Å². The third-order valence-electron chi connectivity index (χ3n) is 5.12. The molecule has 0 unspecified atom stereocenters. The van der Waals surface area contributed by atoms with Gasteiger partial charge in [-0.15, -0.1) is 10.2 Å². The maximum Gasteiger partial charge on any atom is 0.182 e. The van der Waals surface area contributed by atoms with Crippen molar-refractivity contribution >= 4 is 0 Å². The van der Waals surface area contributed by atoms with E-state index < -0.39 is 0 Å². The van der Waals surface area contributed by atoms with E-state index in [1.165, 1.54) is 11.1 Å². The first-order valence-corrected chi connectivity index (χ1v) is 9.15. The molecule has 27 heavy (non-hydrogen) atoms. The molecule has 2 aromatic heterocycles. The zero-order chi connectivity index (χ0) is 18.1. The van der Waals surface area contributed by atoms with Crippen molar-refractivity contribution < 1.29 is 0 Å². The van der Waals surface area contributed by atoms with Gasteiger partial charge in [-0.3, -0.25) is 4.90 Å². The van der Waals surface area contributed by atoms with Crippen LogP contribution in [0.25, 0.3) is 11.5 Å². The number of hydrogen-bond donors (Lipinski definition) is 1. The summed E-state index contributed by atoms with van der Waals surface area (Å²) in [6.07, 6.45) is 3.47. The Morgan fingerprint density at radius 1 is 0.852 bits per heavy atom. The Morgan fingerprint density at radius 2 is 1.56 bits per heavy atom. The number of fused-ring (bicyclic) bond motifs is 1. The summed E-state index contributed by atoms with van der Waals surface area (Å²) < 4.78 is 2.19. The molecule has 134 valence electrons. The number of aromatic amines is 1. The Hall–Kier alpha value is -3.25. The molecule has 4 aromatic rings. The summed E-state index contributed by atoms with van der Waals surface area (Å²) in [6.45, 7) is 2.54. The second kappa shape index (κ2) is 6.81. The monoisotopic (exact) mass is 356 g/mol. The number of imidazole rings is 1. The van der Waals surface area contributed by atoms with Gasteiger partial charge in [-0.1, -0.05) is 60.7 Å². The van der Waals surface area contributed by atoms with E-state index in [2.05, 4.69) is 90.3 Å². The molecule has 0 saturated carbocycles. The van der Waals surface area contributed by atoms with Crippen LogP contribution in [-0.4, -0.2) is 36.2 Å². The lowest BCUT2D eigenvalue weighted by Crippen LogP contribution is -2.37. The molecule has 2 aromatic carbocycles. The first kappa shape index (κ1) is 16.0. The first-order chi connectivity index (χ1) is 13.4. The van der Waals surface area contributed by atoms with E-state index >= 15 is 0 Å². The summed E-state index contributed by atoms with van der Waals surface area (Å²) in [5, 5.41) is 8.85. The average Bonchev–Trinajstić information content (AvgIpc) is 3.39. The Labute approximate surface area is 157 Å². The summed E-state index contributed by atoms with van der Waals surface area (Å²) in [5.74, 6) is 1.85. The van der Waals surface area contributed by atoms with Gasteiger partial charge < -0.3 is 9.55 Å². The van der Waals surface area contributed by atoms with Crippen molar-refractivity contribution in [1.82, 2.24) is 29.6 Å². The zero-order valence-electron chi connectivity index (χ0n) is 14.9. The van der Waals surface area contributed by atoms with E-state index in [9.17, 15) is 0 Å². The summed E-state index contributed by atoms with van der Waals surface area (Å²) in [7, 11) is 0. The van der Waals surface area contributed by atoms with Crippen molar-refractivity contribution in [3.63, 3.8) is 0 Å². The molecule has 0 fully saturated rings. The Balaban J connectivity index is 1.50. The molecule has 0 radical (unpaired) electrons. The molecule has 1 aliphatic rings. The first-order valence-electron chi connectivity index (χ1n) is 9.15. The molecular weight excluding hydrogens is 336 g/mol. The number of nitrogens with one attached hydrogen (secondary N) is 1. The van der Waals surface area contributed by atoms with E-state index in [0.29, 0.717) is 0 Å². The fourth-order valence-electron chi connectivity index (χ4n) is 3.86. The third kappa shape index (κ3) is 2.94. The van der Waals surface area contributed by atoms with Crippen molar-refractivity contribution in [1.29, 1.82) is 0 Å². The van der Waals surface area contributed by atoms with Gasteiger partial charge in [0.15, 0.2) is 5.82 Å². The van der Waals surface area contributed by atoms with Gasteiger partial charge in [-0.05, 0) is 11.1 Å². The predicted molar refractivity (Wildman–Crippen MR) is 103 cm³/mol. The lowest BCUT2D eigenvalue weighted by Gasteiger charge is -2.35. The number of H-pyrrole nitrogens is 1. The molecule has 0 saturated heterocycles. The van der Waals surface area contributed by atoms with Gasteiger partial charge in [0.25, 0.3) is 0 Å². The second-order valence-electron chi connectivity index (χ2n) is 6.75. The van der Waals surface area contributed by atoms with Crippen molar-refractivity contribution in [2.75, 3.05) is 6.54 Å². The fraction of sp³-hybridized carbons (Fsp3) is 0.190. The van der Waals surface area contributed by atoms with Crippen LogP contribution in [0.3, 0.4) is 0 Å². The van der Waals surface area contributed by atoms with Gasteiger partial charge in [0, 0.05) is 13.1 Å². The fourth-order valence-corrected chi connectivity index (χ4v) is 3.86. The third-order valence-corrected chi connectivity index (χ3v) is 5.12. The molecule has 0 amide bonds. The largest absolute Gasteiger partial charge is 0.342 e. The van der Waals surface area contributed by atoms with Crippen LogP contribution < -0.4 is 0 Å². The van der Waals surface area contributed by atoms with E-state index in [4.69, 9.17) is 0 Å². The highest BCUT2D eigenvalue weighted by molar-refractivity contribution is 5.48. The van der Waals surface area contributed by atoms with Gasteiger partial charge in [-0.25, -0.2) is 4.98 Å². The van der Waals surface area contributed by atoms with Crippen LogP contribution in [0.1, 0.15) is 23.0 Å². The minimum atomic E-state index is 0.202. The lowest BCUT2D eigenvalue weighted by atomic mass is 9.96. The van der Waals surface area contributed by atoms with Crippen LogP contribution in [0.2, 0.25) is 0 Å². The Kier molecular flexibility index (Phi) is 4.03. The Bertz CT molecular complexity index is 968. The number of aromatic nitrogens is 5. The number of hydrogen-bond acceptors (Lipinski definition) is 4. The quantitative estimate of drug-likeness (QED) is 0.610. The molecule has 0 spiro atoms. The topological polar surface area (TPSA) is 62.6 Å². The SMILES string of the molecule is c1ccc(C(c2ccccc2)N2CCn3c(nnc3-c3cnc[nH]3)C2)cc1. The minimum Gasteiger partial charge on any atom is -0.342 e. The summed E-state index contributed by atoms with van der Waals surface area (Å²) in [4.78, 5) is 9.71. The highest BCUT2D eigenvalue weighted by atomic mass is 15.3. The molecule has 0 atom stereocenters. The molecular formula is C21H20N6. The number of benzene rings is 2. The van der Waals surface area contributed by atoms with Gasteiger partial charge in [0.1, 0.15) is 11.5 Å². The van der Waals surface area contributed by atoms with Crippen LogP contribution >= 0.6 is 0 Å². The number of rotatable bonds is 4. The molecule has 1 aliphatic heterocycles.